The minimum Gasteiger partial charge on any atom is -0.477 e. The van der Waals surface area contributed by atoms with E-state index in [1.807, 2.05) is 0 Å². The predicted molar refractivity (Wildman–Crippen MR) is 168 cm³/mol. The third-order valence-electron chi connectivity index (χ3n) is 6.65. The number of β-lactam (4-membered cyclic amide) rings is 1. The highest BCUT2D eigenvalue weighted by atomic mass is 35.5. The van der Waals surface area contributed by atoms with Gasteiger partial charge in [0.25, 0.3) is 11.9 Å². The van der Waals surface area contributed by atoms with Gasteiger partial charge in [0.1, 0.15) is 17.1 Å². The number of hydrogen-bond donors (Lipinski definition) is 5. The fourth-order valence-corrected chi connectivity index (χ4v) is 8.22. The topological polar surface area (TPSA) is 183 Å². The standard InChI is InChI=1S/C27H27Cl2N5O7S3/c28-15-3-4-17(29)19(10-15)43-13-20(35)32-21-23(36)34-22(26(39)40)14(12-44-24(21)34)11-42-16-5-8-33(9-6-16)18(25(37)38)2-1-7-31-27(30)41/h3-6,8-10,18,21,24H,1-2,7,11-13H2,(H5-,30,31,32,35,37,38,39,40,41)/p+1/t18-,21+,24+/m0/s1. The van der Waals surface area contributed by atoms with E-state index < -0.39 is 41.3 Å². The molecule has 234 valence electrons. The summed E-state index contributed by atoms with van der Waals surface area (Å²) in [6, 6.07) is 6.03. The number of carbonyl (C=O) groups is 5. The van der Waals surface area contributed by atoms with Gasteiger partial charge in [0, 0.05) is 51.4 Å². The lowest BCUT2D eigenvalue weighted by atomic mass is 10.0. The number of carboxylic acid groups (broad SMARTS) is 2. The van der Waals surface area contributed by atoms with Crippen LogP contribution in [0.2, 0.25) is 10.0 Å². The molecule has 2 aliphatic rings. The maximum Gasteiger partial charge on any atom is 0.373 e. The number of carboxylic acids is 2. The van der Waals surface area contributed by atoms with Crippen molar-refractivity contribution >= 4 is 88.3 Å². The number of halogens is 2. The maximum absolute atomic E-state index is 13.0. The number of hydrogen-bond acceptors (Lipinski definition) is 8. The molecular formula is C27H28Cl2N5O7S3+. The van der Waals surface area contributed by atoms with E-state index in [0.29, 0.717) is 38.4 Å². The van der Waals surface area contributed by atoms with Crippen molar-refractivity contribution in [2.45, 2.75) is 40.1 Å². The highest BCUT2D eigenvalue weighted by Crippen LogP contribution is 2.41. The number of rotatable bonds is 14. The Hall–Kier alpha value is -3.11. The zero-order valence-electron chi connectivity index (χ0n) is 22.9. The summed E-state index contributed by atoms with van der Waals surface area (Å²) in [4.78, 5) is 63.0. The van der Waals surface area contributed by atoms with Crippen LogP contribution in [0.15, 0.2) is 63.8 Å². The lowest BCUT2D eigenvalue weighted by Gasteiger charge is -2.49. The summed E-state index contributed by atoms with van der Waals surface area (Å²) in [5, 5.41) is 25.1. The van der Waals surface area contributed by atoms with E-state index in [2.05, 4.69) is 10.6 Å². The molecule has 0 saturated carbocycles. The van der Waals surface area contributed by atoms with Crippen molar-refractivity contribution in [1.29, 1.82) is 0 Å². The predicted octanol–water partition coefficient (Wildman–Crippen LogP) is 2.98. The lowest BCUT2D eigenvalue weighted by molar-refractivity contribution is -0.711. The number of urea groups is 1. The van der Waals surface area contributed by atoms with Gasteiger partial charge in [-0.3, -0.25) is 14.5 Å². The number of aromatic nitrogens is 1. The molecule has 12 nitrogen and oxygen atoms in total. The largest absolute Gasteiger partial charge is 0.477 e. The molecule has 1 aromatic heterocycles. The Morgan fingerprint density at radius 1 is 1.14 bits per heavy atom. The molecule has 6 N–H and O–H groups in total. The Kier molecular flexibility index (Phi) is 11.7. The molecule has 3 heterocycles. The van der Waals surface area contributed by atoms with Crippen molar-refractivity contribution in [1.82, 2.24) is 15.5 Å². The summed E-state index contributed by atoms with van der Waals surface area (Å²) < 4.78 is 1.55. The summed E-state index contributed by atoms with van der Waals surface area (Å²) in [6.07, 6.45) is 3.96. The van der Waals surface area contributed by atoms with Gasteiger partial charge >= 0.3 is 18.0 Å². The van der Waals surface area contributed by atoms with Crippen LogP contribution in [-0.4, -0.2) is 80.1 Å². The molecule has 17 heteroatoms. The second kappa shape index (κ2) is 15.3. The van der Waals surface area contributed by atoms with Crippen LogP contribution in [0.1, 0.15) is 18.9 Å². The van der Waals surface area contributed by atoms with Crippen molar-refractivity contribution in [2.75, 3.05) is 23.8 Å². The minimum atomic E-state index is -1.23. The molecular weight excluding hydrogens is 673 g/mol. The minimum absolute atomic E-state index is 0.00152. The van der Waals surface area contributed by atoms with Gasteiger partial charge in [-0.1, -0.05) is 23.2 Å². The highest BCUT2D eigenvalue weighted by Gasteiger charge is 2.54. The molecule has 2 aromatic rings. The summed E-state index contributed by atoms with van der Waals surface area (Å²) >= 11 is 16.1. The third kappa shape index (κ3) is 8.33. The molecule has 1 saturated heterocycles. The normalized spacial score (nSPS) is 18.2. The Balaban J connectivity index is 1.34. The first-order valence-electron chi connectivity index (χ1n) is 13.1. The van der Waals surface area contributed by atoms with Gasteiger partial charge in [0.15, 0.2) is 12.4 Å². The van der Waals surface area contributed by atoms with E-state index >= 15 is 0 Å². The Morgan fingerprint density at radius 3 is 2.52 bits per heavy atom. The van der Waals surface area contributed by atoms with Crippen molar-refractivity contribution < 1.29 is 38.8 Å². The van der Waals surface area contributed by atoms with Crippen LogP contribution in [0.5, 0.6) is 0 Å². The quantitative estimate of drug-likeness (QED) is 0.0850. The molecule has 0 unspecified atom stereocenters. The van der Waals surface area contributed by atoms with Crippen LogP contribution < -0.4 is 20.9 Å². The number of nitrogens with zero attached hydrogens (tertiary/aromatic N) is 2. The molecule has 3 atom stereocenters. The first-order valence-corrected chi connectivity index (χ1v) is 16.9. The number of nitrogens with two attached hydrogens (primary N) is 1. The van der Waals surface area contributed by atoms with Crippen LogP contribution in [0.25, 0.3) is 0 Å². The summed E-state index contributed by atoms with van der Waals surface area (Å²) in [5.41, 5.74) is 5.51. The Morgan fingerprint density at radius 2 is 1.86 bits per heavy atom. The monoisotopic (exact) mass is 700 g/mol. The molecule has 4 amide bonds. The zero-order chi connectivity index (χ0) is 32.0. The highest BCUT2D eigenvalue weighted by molar-refractivity contribution is 8.01. The fourth-order valence-electron chi connectivity index (χ4n) is 4.55. The molecule has 1 aromatic carbocycles. The van der Waals surface area contributed by atoms with Gasteiger partial charge in [-0.25, -0.2) is 14.4 Å². The number of nitrogens with one attached hydrogen (secondary N) is 2. The molecule has 4 rings (SSSR count). The van der Waals surface area contributed by atoms with Gasteiger partial charge in [-0.15, -0.1) is 35.3 Å². The summed E-state index contributed by atoms with van der Waals surface area (Å²) in [7, 11) is 0. The smallest absolute Gasteiger partial charge is 0.373 e. The van der Waals surface area contributed by atoms with E-state index in [4.69, 9.17) is 28.9 Å². The average molecular weight is 702 g/mol. The van der Waals surface area contributed by atoms with Crippen LogP contribution in [0, 0.1) is 0 Å². The van der Waals surface area contributed by atoms with E-state index in [9.17, 15) is 34.2 Å². The van der Waals surface area contributed by atoms with Gasteiger partial charge in [0.05, 0.1) is 10.8 Å². The van der Waals surface area contributed by atoms with E-state index in [1.54, 1.807) is 47.3 Å². The molecule has 0 aliphatic carbocycles. The third-order valence-corrected chi connectivity index (χ3v) is 10.8. The fraction of sp³-hybridized carbons (Fsp3) is 0.333. The molecule has 1 fully saturated rings. The number of amides is 4. The number of pyridine rings is 1. The first-order chi connectivity index (χ1) is 21.0. The van der Waals surface area contributed by atoms with Crippen LogP contribution in [0.3, 0.4) is 0 Å². The van der Waals surface area contributed by atoms with Crippen LogP contribution >= 0.6 is 58.5 Å². The van der Waals surface area contributed by atoms with Crippen LogP contribution in [0.4, 0.5) is 4.79 Å². The van der Waals surface area contributed by atoms with E-state index in [0.717, 1.165) is 4.90 Å². The van der Waals surface area contributed by atoms with E-state index in [1.165, 1.54) is 40.2 Å². The number of benzene rings is 1. The Labute approximate surface area is 275 Å². The number of aliphatic carboxylic acids is 2. The SMILES string of the molecule is NC(=O)NCCC[C@@H](C(=O)O)[n+]1ccc(SCC2=C(C(=O)O)N3C(=O)[C@@H](NC(=O)CSc4cc(Cl)ccc4Cl)[C@H]3SC2)cc1. The van der Waals surface area contributed by atoms with Gasteiger partial charge in [-0.05, 0) is 30.2 Å². The summed E-state index contributed by atoms with van der Waals surface area (Å²) in [6.45, 7) is 0.262. The van der Waals surface area contributed by atoms with Crippen LogP contribution in [-0.2, 0) is 19.2 Å². The van der Waals surface area contributed by atoms with Crippen molar-refractivity contribution in [2.24, 2.45) is 5.73 Å². The molecule has 0 radical (unpaired) electrons. The number of fused-ring (bicyclic) bond motifs is 1. The maximum atomic E-state index is 13.0. The molecule has 0 spiro atoms. The van der Waals surface area contributed by atoms with Crippen molar-refractivity contribution in [3.63, 3.8) is 0 Å². The average Bonchev–Trinajstić information content (AvgIpc) is 2.98. The first kappa shape index (κ1) is 33.8. The number of thioether (sulfide) groups is 3. The number of carbonyl (C=O) groups excluding carboxylic acids is 3. The van der Waals surface area contributed by atoms with Crippen molar-refractivity contribution in [3.8, 4) is 0 Å². The molecule has 44 heavy (non-hydrogen) atoms. The second-order valence-electron chi connectivity index (χ2n) is 9.63. The molecule has 2 aliphatic heterocycles. The van der Waals surface area contributed by atoms with Crippen molar-refractivity contribution in [3.05, 3.63) is 64.0 Å². The van der Waals surface area contributed by atoms with Gasteiger partial charge in [-0.2, -0.15) is 4.57 Å². The van der Waals surface area contributed by atoms with Gasteiger partial charge < -0.3 is 26.6 Å². The Bertz CT molecular complexity index is 1490. The van der Waals surface area contributed by atoms with E-state index in [-0.39, 0.29) is 30.3 Å². The zero-order valence-corrected chi connectivity index (χ0v) is 26.9. The molecule has 0 bridgehead atoms. The lowest BCUT2D eigenvalue weighted by Crippen LogP contribution is -2.70. The number of primary amides is 1. The summed E-state index contributed by atoms with van der Waals surface area (Å²) in [5.74, 6) is -2.47. The van der Waals surface area contributed by atoms with Gasteiger partial charge in [0.2, 0.25) is 5.91 Å². The second-order valence-corrected chi connectivity index (χ2v) is 13.6.